The first-order valence-corrected chi connectivity index (χ1v) is 8.67. The molecule has 2 N–H and O–H groups in total. The average Bonchev–Trinajstić information content (AvgIpc) is 3.23. The fourth-order valence-electron chi connectivity index (χ4n) is 3.16. The summed E-state index contributed by atoms with van der Waals surface area (Å²) >= 11 is 0. The van der Waals surface area contributed by atoms with Gasteiger partial charge in [0.2, 0.25) is 5.82 Å². The first-order chi connectivity index (χ1) is 12.7. The van der Waals surface area contributed by atoms with Crippen LogP contribution in [0.4, 0.5) is 5.69 Å². The van der Waals surface area contributed by atoms with Crippen LogP contribution in [0.25, 0.3) is 5.57 Å². The summed E-state index contributed by atoms with van der Waals surface area (Å²) in [4.78, 5) is 14.6. The molecule has 2 aromatic rings. The van der Waals surface area contributed by atoms with Crippen LogP contribution in [0, 0.1) is 11.3 Å². The zero-order valence-corrected chi connectivity index (χ0v) is 14.6. The van der Waals surface area contributed by atoms with Gasteiger partial charge < -0.3 is 10.2 Å². The quantitative estimate of drug-likeness (QED) is 0.801. The second-order valence-electron chi connectivity index (χ2n) is 6.34. The Bertz CT molecular complexity index is 816. The summed E-state index contributed by atoms with van der Waals surface area (Å²) in [7, 11) is 1.88. The fourth-order valence-corrected chi connectivity index (χ4v) is 3.16. The highest BCUT2D eigenvalue weighted by Gasteiger charge is 2.23. The SMILES string of the molecule is CN(C(=O)c1cccc(NC=C(C#N)c2nn[nH]n2)c1)C1CCCCC1. The molecule has 0 radical (unpaired) electrons. The van der Waals surface area contributed by atoms with Gasteiger partial charge in [-0.1, -0.05) is 25.3 Å². The molecule has 0 aliphatic heterocycles. The summed E-state index contributed by atoms with van der Waals surface area (Å²) in [5.74, 6) is 0.229. The number of nitriles is 1. The monoisotopic (exact) mass is 351 g/mol. The minimum Gasteiger partial charge on any atom is -0.360 e. The summed E-state index contributed by atoms with van der Waals surface area (Å²) in [5, 5.41) is 25.5. The number of H-pyrrole nitrogens is 1. The van der Waals surface area contributed by atoms with Crippen molar-refractivity contribution >= 4 is 17.2 Å². The maximum Gasteiger partial charge on any atom is 0.253 e. The summed E-state index contributed by atoms with van der Waals surface area (Å²) in [6.07, 6.45) is 7.26. The number of tetrazole rings is 1. The molecular formula is C18H21N7O. The first-order valence-electron chi connectivity index (χ1n) is 8.67. The van der Waals surface area contributed by atoms with Crippen LogP contribution in [0.3, 0.4) is 0 Å². The molecule has 8 nitrogen and oxygen atoms in total. The minimum absolute atomic E-state index is 0.0169. The summed E-state index contributed by atoms with van der Waals surface area (Å²) in [6, 6.07) is 9.57. The molecule has 3 rings (SSSR count). The molecule has 0 unspecified atom stereocenters. The van der Waals surface area contributed by atoms with E-state index in [0.29, 0.717) is 17.3 Å². The van der Waals surface area contributed by atoms with E-state index in [9.17, 15) is 10.1 Å². The lowest BCUT2D eigenvalue weighted by Gasteiger charge is -2.31. The third kappa shape index (κ3) is 4.06. The number of aromatic nitrogens is 4. The topological polar surface area (TPSA) is 111 Å². The van der Waals surface area contributed by atoms with Gasteiger partial charge in [-0.3, -0.25) is 4.79 Å². The number of carbonyl (C=O) groups excluding carboxylic acids is 1. The van der Waals surface area contributed by atoms with Gasteiger partial charge in [-0.15, -0.1) is 10.2 Å². The standard InChI is InChI=1S/C18H21N7O/c1-25(16-8-3-2-4-9-16)18(26)13-6-5-7-15(10-13)20-12-14(11-19)17-21-23-24-22-17/h5-7,10,12,16,20H,2-4,8-9H2,1H3,(H,21,22,23,24). The number of nitrogens with zero attached hydrogens (tertiary/aromatic N) is 5. The second-order valence-corrected chi connectivity index (χ2v) is 6.34. The molecule has 8 heteroatoms. The molecule has 1 aromatic heterocycles. The molecule has 134 valence electrons. The van der Waals surface area contributed by atoms with E-state index in [1.165, 1.54) is 25.5 Å². The van der Waals surface area contributed by atoms with E-state index in [1.54, 1.807) is 12.1 Å². The van der Waals surface area contributed by atoms with Crippen LogP contribution in [-0.2, 0) is 0 Å². The number of aromatic amines is 1. The Morgan fingerprint density at radius 3 is 2.88 bits per heavy atom. The Kier molecular flexibility index (Phi) is 5.59. The molecule has 1 amide bonds. The summed E-state index contributed by atoms with van der Waals surface area (Å²) < 4.78 is 0. The van der Waals surface area contributed by atoms with Gasteiger partial charge in [-0.25, -0.2) is 0 Å². The lowest BCUT2D eigenvalue weighted by atomic mass is 9.94. The van der Waals surface area contributed by atoms with Gasteiger partial charge in [0.15, 0.2) is 0 Å². The first kappa shape index (κ1) is 17.6. The maximum atomic E-state index is 12.8. The number of carbonyl (C=O) groups is 1. The normalized spacial score (nSPS) is 15.3. The van der Waals surface area contributed by atoms with Crippen molar-refractivity contribution in [3.8, 4) is 6.07 Å². The molecule has 0 bridgehead atoms. The van der Waals surface area contributed by atoms with Crippen LogP contribution in [0.1, 0.15) is 48.3 Å². The van der Waals surface area contributed by atoms with E-state index in [-0.39, 0.29) is 17.3 Å². The van der Waals surface area contributed by atoms with Crippen LogP contribution in [0.15, 0.2) is 30.5 Å². The van der Waals surface area contributed by atoms with Crippen molar-refractivity contribution in [2.45, 2.75) is 38.1 Å². The predicted molar refractivity (Wildman–Crippen MR) is 96.8 cm³/mol. The second kappa shape index (κ2) is 8.25. The predicted octanol–water partition coefficient (Wildman–Crippen LogP) is 2.58. The Balaban J connectivity index is 1.71. The number of allylic oxidation sites excluding steroid dienone is 1. The van der Waals surface area contributed by atoms with Crippen molar-refractivity contribution in [2.75, 3.05) is 12.4 Å². The lowest BCUT2D eigenvalue weighted by molar-refractivity contribution is 0.0696. The van der Waals surface area contributed by atoms with Gasteiger partial charge >= 0.3 is 0 Å². The van der Waals surface area contributed by atoms with Gasteiger partial charge in [-0.05, 0) is 36.3 Å². The van der Waals surface area contributed by atoms with Gasteiger partial charge in [0.1, 0.15) is 11.6 Å². The Labute approximate surface area is 151 Å². The van der Waals surface area contributed by atoms with Gasteiger partial charge in [0.05, 0.1) is 0 Å². The molecule has 1 aliphatic carbocycles. The number of hydrogen-bond donors (Lipinski definition) is 2. The van der Waals surface area contributed by atoms with E-state index in [0.717, 1.165) is 12.8 Å². The zero-order chi connectivity index (χ0) is 18.4. The van der Waals surface area contributed by atoms with Gasteiger partial charge in [-0.2, -0.15) is 10.5 Å². The van der Waals surface area contributed by atoms with Crippen LogP contribution in [0.5, 0.6) is 0 Å². The number of hydrogen-bond acceptors (Lipinski definition) is 6. The fraction of sp³-hybridized carbons (Fsp3) is 0.389. The lowest BCUT2D eigenvalue weighted by Crippen LogP contribution is -2.38. The number of nitrogens with one attached hydrogen (secondary N) is 2. The number of anilines is 1. The molecule has 0 spiro atoms. The van der Waals surface area contributed by atoms with E-state index in [4.69, 9.17) is 0 Å². The molecule has 1 saturated carbocycles. The highest BCUT2D eigenvalue weighted by molar-refractivity contribution is 5.95. The highest BCUT2D eigenvalue weighted by Crippen LogP contribution is 2.23. The molecule has 26 heavy (non-hydrogen) atoms. The average molecular weight is 351 g/mol. The zero-order valence-electron chi connectivity index (χ0n) is 14.6. The number of benzene rings is 1. The van der Waals surface area contributed by atoms with Crippen LogP contribution in [0.2, 0.25) is 0 Å². The van der Waals surface area contributed by atoms with E-state index in [1.807, 2.05) is 30.1 Å². The molecule has 1 aliphatic rings. The largest absolute Gasteiger partial charge is 0.360 e. The maximum absolute atomic E-state index is 12.8. The number of amides is 1. The smallest absolute Gasteiger partial charge is 0.253 e. The molecule has 1 heterocycles. The third-order valence-corrected chi connectivity index (χ3v) is 4.64. The van der Waals surface area contributed by atoms with Crippen molar-refractivity contribution in [1.82, 2.24) is 25.5 Å². The van der Waals surface area contributed by atoms with Crippen molar-refractivity contribution in [1.29, 1.82) is 5.26 Å². The van der Waals surface area contributed by atoms with Crippen molar-refractivity contribution in [2.24, 2.45) is 0 Å². The Morgan fingerprint density at radius 2 is 2.19 bits per heavy atom. The Hall–Kier alpha value is -3.21. The van der Waals surface area contributed by atoms with E-state index in [2.05, 4.69) is 25.9 Å². The Morgan fingerprint density at radius 1 is 1.38 bits per heavy atom. The molecule has 0 saturated heterocycles. The molecule has 1 fully saturated rings. The van der Waals surface area contributed by atoms with Crippen LogP contribution < -0.4 is 5.32 Å². The van der Waals surface area contributed by atoms with Crippen molar-refractivity contribution < 1.29 is 4.79 Å². The summed E-state index contributed by atoms with van der Waals surface area (Å²) in [6.45, 7) is 0. The van der Waals surface area contributed by atoms with Gasteiger partial charge in [0, 0.05) is 30.5 Å². The van der Waals surface area contributed by atoms with Crippen LogP contribution >= 0.6 is 0 Å². The third-order valence-electron chi connectivity index (χ3n) is 4.64. The number of rotatable bonds is 5. The molecule has 0 atom stereocenters. The van der Waals surface area contributed by atoms with E-state index >= 15 is 0 Å². The van der Waals surface area contributed by atoms with Crippen molar-refractivity contribution in [3.63, 3.8) is 0 Å². The molecule has 1 aromatic carbocycles. The van der Waals surface area contributed by atoms with E-state index < -0.39 is 0 Å². The highest BCUT2D eigenvalue weighted by atomic mass is 16.2. The minimum atomic E-state index is 0.0169. The van der Waals surface area contributed by atoms with Crippen LogP contribution in [-0.4, -0.2) is 44.5 Å². The molecular weight excluding hydrogens is 330 g/mol. The van der Waals surface area contributed by atoms with Gasteiger partial charge in [0.25, 0.3) is 5.91 Å². The summed E-state index contributed by atoms with van der Waals surface area (Å²) in [5.41, 5.74) is 1.58. The van der Waals surface area contributed by atoms with Crippen molar-refractivity contribution in [3.05, 3.63) is 41.9 Å².